The molecule has 2 heterocycles. The molecule has 1 saturated heterocycles. The predicted octanol–water partition coefficient (Wildman–Crippen LogP) is 3.57. The van der Waals surface area contributed by atoms with Gasteiger partial charge in [0.05, 0.1) is 17.6 Å². The van der Waals surface area contributed by atoms with E-state index in [-0.39, 0.29) is 30.7 Å². The number of ether oxygens (including phenoxy) is 1. The summed E-state index contributed by atoms with van der Waals surface area (Å²) in [7, 11) is -3.50. The van der Waals surface area contributed by atoms with E-state index in [2.05, 4.69) is 17.2 Å². The molecule has 0 N–H and O–H groups in total. The molecule has 1 aliphatic carbocycles. The quantitative estimate of drug-likeness (QED) is 0.344. The maximum Gasteiger partial charge on any atom is 0.316 e. The zero-order valence-corrected chi connectivity index (χ0v) is 22.6. The number of nitrogens with zero attached hydrogens (tertiary/aromatic N) is 4. The van der Waals surface area contributed by atoms with Gasteiger partial charge in [-0.1, -0.05) is 60.7 Å². The fourth-order valence-electron chi connectivity index (χ4n) is 5.41. The summed E-state index contributed by atoms with van der Waals surface area (Å²) in [5.41, 5.74) is 3.43. The highest BCUT2D eigenvalue weighted by atomic mass is 32.2. The van der Waals surface area contributed by atoms with E-state index in [1.165, 1.54) is 33.6 Å². The smallest absolute Gasteiger partial charge is 0.316 e. The molecule has 0 unspecified atom stereocenters. The van der Waals surface area contributed by atoms with E-state index in [1.54, 1.807) is 24.4 Å². The van der Waals surface area contributed by atoms with Crippen LogP contribution in [0.15, 0.2) is 89.9 Å². The molecule has 1 fully saturated rings. The molecule has 3 aromatic carbocycles. The lowest BCUT2D eigenvalue weighted by atomic mass is 10.1. The Morgan fingerprint density at radius 1 is 0.875 bits per heavy atom. The summed E-state index contributed by atoms with van der Waals surface area (Å²) >= 11 is 0. The van der Waals surface area contributed by atoms with Gasteiger partial charge in [0.2, 0.25) is 15.8 Å². The molecule has 10 heteroatoms. The lowest BCUT2D eigenvalue weighted by molar-refractivity contribution is 0.209. The molecule has 0 bridgehead atoms. The summed E-state index contributed by atoms with van der Waals surface area (Å²) < 4.78 is 49.1. The number of halogens is 1. The molecule has 0 spiro atoms. The molecule has 4 aromatic rings. The Kier molecular flexibility index (Phi) is 7.12. The number of fused-ring (bicyclic) bond motifs is 1. The van der Waals surface area contributed by atoms with Gasteiger partial charge in [-0.25, -0.2) is 12.8 Å². The fraction of sp³-hybridized carbons (Fsp3) is 0.267. The Balaban J connectivity index is 1.27. The first-order valence-electron chi connectivity index (χ1n) is 13.3. The van der Waals surface area contributed by atoms with Crippen molar-refractivity contribution in [2.45, 2.75) is 24.7 Å². The van der Waals surface area contributed by atoms with E-state index in [0.717, 1.165) is 10.2 Å². The van der Waals surface area contributed by atoms with Crippen LogP contribution >= 0.6 is 0 Å². The summed E-state index contributed by atoms with van der Waals surface area (Å²) in [6.07, 6.45) is 2.66. The minimum atomic E-state index is -3.50. The Morgan fingerprint density at radius 2 is 1.55 bits per heavy atom. The first kappa shape index (κ1) is 26.2. The summed E-state index contributed by atoms with van der Waals surface area (Å²) in [6.45, 7) is 1.30. The Morgan fingerprint density at radius 3 is 2.23 bits per heavy atom. The second kappa shape index (κ2) is 10.9. The Labute approximate surface area is 232 Å². The molecule has 206 valence electrons. The largest absolute Gasteiger partial charge is 0.482 e. The summed E-state index contributed by atoms with van der Waals surface area (Å²) in [4.78, 5) is 15.7. The molecular formula is C30H29FN4O4S. The second-order valence-electron chi connectivity index (χ2n) is 10.1. The molecule has 0 radical (unpaired) electrons. The van der Waals surface area contributed by atoms with Crippen LogP contribution in [0.1, 0.15) is 16.7 Å². The lowest BCUT2D eigenvalue weighted by Crippen LogP contribution is -2.49. The van der Waals surface area contributed by atoms with Crippen LogP contribution in [0, 0.1) is 5.82 Å². The normalized spacial score (nSPS) is 16.2. The number of sulfonamides is 1. The number of hydrogen-bond acceptors (Lipinski definition) is 6. The van der Waals surface area contributed by atoms with Gasteiger partial charge in [0, 0.05) is 39.0 Å². The van der Waals surface area contributed by atoms with Crippen LogP contribution < -0.4 is 15.2 Å². The van der Waals surface area contributed by atoms with Gasteiger partial charge in [0.25, 0.3) is 0 Å². The summed E-state index contributed by atoms with van der Waals surface area (Å²) in [6, 6.07) is 22.9. The first-order chi connectivity index (χ1) is 19.4. The van der Waals surface area contributed by atoms with Crippen LogP contribution in [0.3, 0.4) is 0 Å². The minimum Gasteiger partial charge on any atom is -0.482 e. The Hall–Kier alpha value is -4.02. The standard InChI is InChI=1S/C30H29FN4O4S/c31-25-11-6-12-26(19-25)35-30(36)29(39-27-17-23-9-4-5-10-24(23)18-27)28(20-32-35)33-13-15-34(16-14-33)40(37,38)21-22-7-2-1-3-8-22/h1-12,19-20,27H,13-18,21H2. The highest BCUT2D eigenvalue weighted by Crippen LogP contribution is 2.31. The average Bonchev–Trinajstić information content (AvgIpc) is 3.37. The van der Waals surface area contributed by atoms with E-state index in [1.807, 2.05) is 35.2 Å². The summed E-state index contributed by atoms with van der Waals surface area (Å²) in [5.74, 6) is -0.398. The third kappa shape index (κ3) is 5.37. The van der Waals surface area contributed by atoms with E-state index in [4.69, 9.17) is 4.74 Å². The van der Waals surface area contributed by atoms with E-state index in [9.17, 15) is 17.6 Å². The van der Waals surface area contributed by atoms with Crippen molar-refractivity contribution in [1.82, 2.24) is 14.1 Å². The maximum atomic E-state index is 14.0. The van der Waals surface area contributed by atoms with Crippen molar-refractivity contribution in [3.63, 3.8) is 0 Å². The third-order valence-corrected chi connectivity index (χ3v) is 9.28. The van der Waals surface area contributed by atoms with E-state index < -0.39 is 21.4 Å². The van der Waals surface area contributed by atoms with Gasteiger partial charge >= 0.3 is 5.56 Å². The van der Waals surface area contributed by atoms with Crippen LogP contribution in [0.25, 0.3) is 5.69 Å². The highest BCUT2D eigenvalue weighted by molar-refractivity contribution is 7.88. The van der Waals surface area contributed by atoms with Gasteiger partial charge in [-0.05, 0) is 34.9 Å². The van der Waals surface area contributed by atoms with Gasteiger partial charge in [-0.15, -0.1) is 0 Å². The Bertz CT molecular complexity index is 1660. The molecule has 0 saturated carbocycles. The molecule has 8 nitrogen and oxygen atoms in total. The predicted molar refractivity (Wildman–Crippen MR) is 151 cm³/mol. The van der Waals surface area contributed by atoms with Crippen molar-refractivity contribution >= 4 is 15.7 Å². The zero-order chi connectivity index (χ0) is 27.7. The zero-order valence-electron chi connectivity index (χ0n) is 21.8. The molecular weight excluding hydrogens is 531 g/mol. The van der Waals surface area contributed by atoms with Gasteiger partial charge in [0.15, 0.2) is 0 Å². The van der Waals surface area contributed by atoms with Gasteiger partial charge in [-0.2, -0.15) is 14.1 Å². The molecule has 0 amide bonds. The van der Waals surface area contributed by atoms with Crippen LogP contribution in [0.4, 0.5) is 10.1 Å². The number of anilines is 1. The van der Waals surface area contributed by atoms with Crippen molar-refractivity contribution in [2.75, 3.05) is 31.1 Å². The second-order valence-corrected chi connectivity index (χ2v) is 12.1. The monoisotopic (exact) mass is 560 g/mol. The van der Waals surface area contributed by atoms with Crippen molar-refractivity contribution in [3.8, 4) is 11.4 Å². The number of hydrogen-bond donors (Lipinski definition) is 0. The van der Waals surface area contributed by atoms with Crippen LogP contribution in [0.5, 0.6) is 5.75 Å². The molecule has 0 atom stereocenters. The number of piperazine rings is 1. The van der Waals surface area contributed by atoms with E-state index in [0.29, 0.717) is 37.3 Å². The average molecular weight is 561 g/mol. The van der Waals surface area contributed by atoms with Gasteiger partial charge in [-0.3, -0.25) is 4.79 Å². The number of benzene rings is 3. The SMILES string of the molecule is O=c1c(OC2Cc3ccccc3C2)c(N2CCN(S(=O)(=O)Cc3ccccc3)CC2)cnn1-c1cccc(F)c1. The molecule has 40 heavy (non-hydrogen) atoms. The summed E-state index contributed by atoms with van der Waals surface area (Å²) in [5, 5.41) is 4.35. The van der Waals surface area contributed by atoms with Crippen LogP contribution in [-0.4, -0.2) is 54.8 Å². The number of aromatic nitrogens is 2. The van der Waals surface area contributed by atoms with Crippen LogP contribution in [-0.2, 0) is 28.6 Å². The van der Waals surface area contributed by atoms with Crippen molar-refractivity contribution < 1.29 is 17.5 Å². The highest BCUT2D eigenvalue weighted by Gasteiger charge is 2.31. The molecule has 6 rings (SSSR count). The van der Waals surface area contributed by atoms with Crippen molar-refractivity contribution in [1.29, 1.82) is 0 Å². The van der Waals surface area contributed by atoms with E-state index >= 15 is 0 Å². The lowest BCUT2D eigenvalue weighted by Gasteiger charge is -2.36. The topological polar surface area (TPSA) is 84.7 Å². The first-order valence-corrected chi connectivity index (χ1v) is 14.9. The number of rotatable bonds is 7. The van der Waals surface area contributed by atoms with Gasteiger partial charge in [0.1, 0.15) is 17.6 Å². The molecule has 1 aromatic heterocycles. The fourth-order valence-corrected chi connectivity index (χ4v) is 6.92. The van der Waals surface area contributed by atoms with Crippen LogP contribution in [0.2, 0.25) is 0 Å². The van der Waals surface area contributed by atoms with Crippen molar-refractivity contribution in [3.05, 3.63) is 118 Å². The minimum absolute atomic E-state index is 0.0598. The van der Waals surface area contributed by atoms with Gasteiger partial charge < -0.3 is 9.64 Å². The third-order valence-electron chi connectivity index (χ3n) is 7.43. The maximum absolute atomic E-state index is 14.0. The molecule has 1 aliphatic heterocycles. The van der Waals surface area contributed by atoms with Crippen molar-refractivity contribution in [2.24, 2.45) is 0 Å². The molecule has 2 aliphatic rings.